The molecule has 4 aromatic carbocycles. The second-order valence-electron chi connectivity index (χ2n) is 9.29. The molecular weight excluding hydrogens is 482 g/mol. The number of aromatic hydroxyl groups is 1. The summed E-state index contributed by atoms with van der Waals surface area (Å²) in [6.45, 7) is 3.47. The van der Waals surface area contributed by atoms with Gasteiger partial charge in [-0.25, -0.2) is 4.79 Å². The number of Topliss-reactive ketones (excluding diaryl/α,β-unsaturated/α-hetero) is 1. The standard InChI is InChI=1S/C31H25NO6/c1-18(2)38-31(37)21-9-5-10-22(17-21)32-27(20-13-15-23(33)16-14-20)26(29(35)30(32)36)28(34)25-12-6-8-19-7-3-4-11-24(19)25/h3-18,27,33-34H,1-2H3/b28-26-. The number of esters is 1. The van der Waals surface area contributed by atoms with Crippen LogP contribution in [0.5, 0.6) is 5.75 Å². The molecule has 2 N–H and O–H groups in total. The van der Waals surface area contributed by atoms with Gasteiger partial charge in [0, 0.05) is 11.3 Å². The number of carbonyl (C=O) groups is 3. The van der Waals surface area contributed by atoms with Crippen LogP contribution in [-0.4, -0.2) is 34.0 Å². The average Bonchev–Trinajstić information content (AvgIpc) is 3.18. The number of aliphatic hydroxyl groups excluding tert-OH is 1. The Balaban J connectivity index is 1.71. The maximum absolute atomic E-state index is 13.5. The fourth-order valence-corrected chi connectivity index (χ4v) is 4.71. The molecule has 1 heterocycles. The first kappa shape index (κ1) is 24.8. The molecule has 38 heavy (non-hydrogen) atoms. The van der Waals surface area contributed by atoms with Gasteiger partial charge in [-0.05, 0) is 60.5 Å². The highest BCUT2D eigenvalue weighted by Gasteiger charge is 2.47. The zero-order valence-corrected chi connectivity index (χ0v) is 20.8. The fraction of sp³-hybridized carbons (Fsp3) is 0.129. The minimum absolute atomic E-state index is 0.0122. The summed E-state index contributed by atoms with van der Waals surface area (Å²) in [6, 6.07) is 24.1. The second-order valence-corrected chi connectivity index (χ2v) is 9.29. The molecule has 1 saturated heterocycles. The van der Waals surface area contributed by atoms with Crippen LogP contribution < -0.4 is 4.90 Å². The number of ether oxygens (including phenoxy) is 1. The molecule has 1 atom stereocenters. The van der Waals surface area contributed by atoms with E-state index in [1.165, 1.54) is 23.1 Å². The summed E-state index contributed by atoms with van der Waals surface area (Å²) in [6.07, 6.45) is -0.335. The minimum Gasteiger partial charge on any atom is -0.508 e. The monoisotopic (exact) mass is 507 g/mol. The lowest BCUT2D eigenvalue weighted by atomic mass is 9.93. The predicted molar refractivity (Wildman–Crippen MR) is 144 cm³/mol. The van der Waals surface area contributed by atoms with E-state index in [4.69, 9.17) is 4.74 Å². The molecule has 5 rings (SSSR count). The number of benzene rings is 4. The molecular formula is C31H25NO6. The van der Waals surface area contributed by atoms with E-state index in [-0.39, 0.29) is 28.7 Å². The Bertz CT molecular complexity index is 1600. The maximum Gasteiger partial charge on any atom is 0.338 e. The van der Waals surface area contributed by atoms with Gasteiger partial charge in [-0.3, -0.25) is 14.5 Å². The largest absolute Gasteiger partial charge is 0.508 e. The summed E-state index contributed by atoms with van der Waals surface area (Å²) in [7, 11) is 0. The van der Waals surface area contributed by atoms with Crippen molar-refractivity contribution in [3.05, 3.63) is 113 Å². The number of nitrogens with zero attached hydrogens (tertiary/aromatic N) is 1. The molecule has 1 aliphatic heterocycles. The van der Waals surface area contributed by atoms with Crippen molar-refractivity contribution in [3.8, 4) is 5.75 Å². The first-order valence-corrected chi connectivity index (χ1v) is 12.2. The molecule has 190 valence electrons. The minimum atomic E-state index is -1.01. The summed E-state index contributed by atoms with van der Waals surface area (Å²) in [4.78, 5) is 40.8. The van der Waals surface area contributed by atoms with Gasteiger partial charge in [0.25, 0.3) is 11.7 Å². The van der Waals surface area contributed by atoms with E-state index in [9.17, 15) is 24.6 Å². The number of hydrogen-bond acceptors (Lipinski definition) is 6. The van der Waals surface area contributed by atoms with Crippen LogP contribution in [0.3, 0.4) is 0 Å². The van der Waals surface area contributed by atoms with Crippen LogP contribution >= 0.6 is 0 Å². The van der Waals surface area contributed by atoms with Crippen LogP contribution in [0.25, 0.3) is 16.5 Å². The number of carbonyl (C=O) groups excluding carboxylic acids is 3. The third kappa shape index (κ3) is 4.39. The van der Waals surface area contributed by atoms with Crippen molar-refractivity contribution >= 4 is 39.9 Å². The number of aliphatic hydroxyl groups is 1. The zero-order valence-electron chi connectivity index (χ0n) is 20.8. The molecule has 4 aromatic rings. The molecule has 0 spiro atoms. The number of phenols is 1. The van der Waals surface area contributed by atoms with Crippen LogP contribution in [0.2, 0.25) is 0 Å². The molecule has 0 saturated carbocycles. The van der Waals surface area contributed by atoms with Gasteiger partial charge in [0.05, 0.1) is 23.3 Å². The molecule has 7 heteroatoms. The normalized spacial score (nSPS) is 16.8. The molecule has 0 radical (unpaired) electrons. The topological polar surface area (TPSA) is 104 Å². The Morgan fingerprint density at radius 1 is 0.895 bits per heavy atom. The Morgan fingerprint density at radius 3 is 2.32 bits per heavy atom. The third-order valence-electron chi connectivity index (χ3n) is 6.40. The predicted octanol–water partition coefficient (Wildman–Crippen LogP) is 5.74. The summed E-state index contributed by atoms with van der Waals surface area (Å²) in [5.41, 5.74) is 1.34. The van der Waals surface area contributed by atoms with E-state index in [0.29, 0.717) is 16.8 Å². The van der Waals surface area contributed by atoms with Gasteiger partial charge in [-0.15, -0.1) is 0 Å². The highest BCUT2D eigenvalue weighted by Crippen LogP contribution is 2.43. The molecule has 0 aromatic heterocycles. The van der Waals surface area contributed by atoms with Crippen molar-refractivity contribution < 1.29 is 29.3 Å². The van der Waals surface area contributed by atoms with Crippen molar-refractivity contribution in [3.63, 3.8) is 0 Å². The fourth-order valence-electron chi connectivity index (χ4n) is 4.71. The van der Waals surface area contributed by atoms with E-state index in [2.05, 4.69) is 0 Å². The van der Waals surface area contributed by atoms with E-state index in [0.717, 1.165) is 10.8 Å². The summed E-state index contributed by atoms with van der Waals surface area (Å²) in [5, 5.41) is 23.0. The third-order valence-corrected chi connectivity index (χ3v) is 6.40. The van der Waals surface area contributed by atoms with Gasteiger partial charge in [0.2, 0.25) is 0 Å². The van der Waals surface area contributed by atoms with Crippen molar-refractivity contribution in [2.24, 2.45) is 0 Å². The number of ketones is 1. The number of amides is 1. The van der Waals surface area contributed by atoms with Crippen LogP contribution in [0.15, 0.2) is 96.6 Å². The highest BCUT2D eigenvalue weighted by atomic mass is 16.5. The van der Waals surface area contributed by atoms with Gasteiger partial charge in [0.1, 0.15) is 11.5 Å². The van der Waals surface area contributed by atoms with Crippen molar-refractivity contribution in [2.45, 2.75) is 26.0 Å². The zero-order chi connectivity index (χ0) is 27.0. The van der Waals surface area contributed by atoms with E-state index >= 15 is 0 Å². The van der Waals surface area contributed by atoms with Crippen molar-refractivity contribution in [1.29, 1.82) is 0 Å². The van der Waals surface area contributed by atoms with Crippen LogP contribution in [-0.2, 0) is 14.3 Å². The number of fused-ring (bicyclic) bond motifs is 1. The molecule has 7 nitrogen and oxygen atoms in total. The Labute approximate surface area is 219 Å². The van der Waals surface area contributed by atoms with E-state index in [1.54, 1.807) is 56.3 Å². The molecule has 1 amide bonds. The molecule has 0 aliphatic carbocycles. The Morgan fingerprint density at radius 2 is 1.58 bits per heavy atom. The summed E-state index contributed by atoms with van der Waals surface area (Å²) < 4.78 is 5.30. The number of hydrogen-bond donors (Lipinski definition) is 2. The first-order valence-electron chi connectivity index (χ1n) is 12.2. The maximum atomic E-state index is 13.5. The summed E-state index contributed by atoms with van der Waals surface area (Å²) in [5.74, 6) is -2.56. The van der Waals surface area contributed by atoms with Gasteiger partial charge < -0.3 is 14.9 Å². The van der Waals surface area contributed by atoms with Gasteiger partial charge in [-0.2, -0.15) is 0 Å². The summed E-state index contributed by atoms with van der Waals surface area (Å²) >= 11 is 0. The molecule has 1 fully saturated rings. The van der Waals surface area contributed by atoms with Crippen molar-refractivity contribution in [1.82, 2.24) is 0 Å². The molecule has 0 bridgehead atoms. The van der Waals surface area contributed by atoms with Crippen molar-refractivity contribution in [2.75, 3.05) is 4.90 Å². The van der Waals surface area contributed by atoms with Crippen LogP contribution in [0.4, 0.5) is 5.69 Å². The first-order chi connectivity index (χ1) is 18.3. The Kier molecular flexibility index (Phi) is 6.43. The average molecular weight is 508 g/mol. The lowest BCUT2D eigenvalue weighted by Crippen LogP contribution is -2.29. The van der Waals surface area contributed by atoms with E-state index < -0.39 is 23.7 Å². The van der Waals surface area contributed by atoms with Gasteiger partial charge >= 0.3 is 5.97 Å². The smallest absolute Gasteiger partial charge is 0.338 e. The number of rotatable bonds is 5. The van der Waals surface area contributed by atoms with Crippen LogP contribution in [0, 0.1) is 0 Å². The lowest BCUT2D eigenvalue weighted by Gasteiger charge is -2.26. The SMILES string of the molecule is CC(C)OC(=O)c1cccc(N2C(=O)C(=O)/C(=C(\O)c3cccc4ccccc34)C2c2ccc(O)cc2)c1. The van der Waals surface area contributed by atoms with Crippen LogP contribution in [0.1, 0.15) is 41.4 Å². The van der Waals surface area contributed by atoms with Gasteiger partial charge in [-0.1, -0.05) is 60.7 Å². The lowest BCUT2D eigenvalue weighted by molar-refractivity contribution is -0.132. The Hall–Kier alpha value is -4.91. The number of anilines is 1. The highest BCUT2D eigenvalue weighted by molar-refractivity contribution is 6.51. The van der Waals surface area contributed by atoms with E-state index in [1.807, 2.05) is 30.3 Å². The molecule has 1 aliphatic rings. The molecule has 1 unspecified atom stereocenters. The quantitative estimate of drug-likeness (QED) is 0.155. The number of phenolic OH excluding ortho intramolecular Hbond substituents is 1. The van der Waals surface area contributed by atoms with Gasteiger partial charge in [0.15, 0.2) is 0 Å². The second kappa shape index (κ2) is 9.86.